The Hall–Kier alpha value is -1.78. The van der Waals surface area contributed by atoms with Crippen LogP contribution in [0.1, 0.15) is 17.6 Å². The van der Waals surface area contributed by atoms with Crippen LogP contribution in [0.15, 0.2) is 41.1 Å². The van der Waals surface area contributed by atoms with Crippen molar-refractivity contribution in [3.8, 4) is 0 Å². The summed E-state index contributed by atoms with van der Waals surface area (Å²) in [6, 6.07) is 6.95. The lowest BCUT2D eigenvalue weighted by atomic mass is 10.2. The smallest absolute Gasteiger partial charge is 0.134 e. The molecule has 4 nitrogen and oxygen atoms in total. The predicted molar refractivity (Wildman–Crippen MR) is 65.8 cm³/mol. The molecule has 3 rings (SSSR count). The molecule has 5 heteroatoms. The lowest BCUT2D eigenvalue weighted by molar-refractivity contribution is 0.517. The quantitative estimate of drug-likeness (QED) is 0.732. The van der Waals surface area contributed by atoms with Crippen LogP contribution in [-0.4, -0.2) is 9.97 Å². The first-order valence-corrected chi connectivity index (χ1v) is 5.56. The van der Waals surface area contributed by atoms with Gasteiger partial charge in [-0.05, 0) is 24.3 Å². The zero-order chi connectivity index (χ0) is 11.8. The normalized spacial score (nSPS) is 13.1. The minimum Gasteiger partial charge on any atom is -0.459 e. The van der Waals surface area contributed by atoms with E-state index >= 15 is 0 Å². The topological polar surface area (TPSA) is 67.8 Å². The Morgan fingerprint density at radius 1 is 1.35 bits per heavy atom. The zero-order valence-electron chi connectivity index (χ0n) is 8.85. The van der Waals surface area contributed by atoms with Crippen LogP contribution in [0.5, 0.6) is 0 Å². The van der Waals surface area contributed by atoms with E-state index in [-0.39, 0.29) is 0 Å². The molecule has 1 atom stereocenters. The standard InChI is InChI=1S/C12H10ClN3O/c13-8-1-2-9-7(5-8)6-10(17-9)11(14)12-15-3-4-16-12/h1-6,11H,14H2,(H,15,16). The Morgan fingerprint density at radius 2 is 2.24 bits per heavy atom. The van der Waals surface area contributed by atoms with Crippen LogP contribution in [0.2, 0.25) is 5.02 Å². The molecule has 0 fully saturated rings. The molecule has 0 radical (unpaired) electrons. The molecule has 0 aliphatic carbocycles. The summed E-state index contributed by atoms with van der Waals surface area (Å²) < 4.78 is 5.66. The Morgan fingerprint density at radius 3 is 3.00 bits per heavy atom. The van der Waals surface area contributed by atoms with Crippen LogP contribution in [0.3, 0.4) is 0 Å². The minimum absolute atomic E-state index is 0.392. The third-order valence-corrected chi connectivity index (χ3v) is 2.85. The van der Waals surface area contributed by atoms with Gasteiger partial charge in [0.05, 0.1) is 0 Å². The highest BCUT2D eigenvalue weighted by Gasteiger charge is 2.16. The highest BCUT2D eigenvalue weighted by molar-refractivity contribution is 6.31. The van der Waals surface area contributed by atoms with E-state index in [2.05, 4.69) is 9.97 Å². The molecule has 0 saturated carbocycles. The van der Waals surface area contributed by atoms with Gasteiger partial charge in [0.25, 0.3) is 0 Å². The molecule has 2 aromatic heterocycles. The molecule has 0 saturated heterocycles. The number of rotatable bonds is 2. The summed E-state index contributed by atoms with van der Waals surface area (Å²) in [6.45, 7) is 0. The number of fused-ring (bicyclic) bond motifs is 1. The second-order valence-electron chi connectivity index (χ2n) is 3.78. The number of aromatic amines is 1. The lowest BCUT2D eigenvalue weighted by Gasteiger charge is -2.03. The van der Waals surface area contributed by atoms with E-state index in [0.717, 1.165) is 11.0 Å². The molecule has 3 aromatic rings. The zero-order valence-corrected chi connectivity index (χ0v) is 9.61. The molecule has 17 heavy (non-hydrogen) atoms. The van der Waals surface area contributed by atoms with Gasteiger partial charge in [0.1, 0.15) is 23.2 Å². The third-order valence-electron chi connectivity index (χ3n) is 2.62. The molecular weight excluding hydrogens is 238 g/mol. The molecule has 0 spiro atoms. The van der Waals surface area contributed by atoms with Crippen molar-refractivity contribution in [1.29, 1.82) is 0 Å². The van der Waals surface area contributed by atoms with Crippen molar-refractivity contribution >= 4 is 22.6 Å². The molecule has 0 aliphatic rings. The maximum Gasteiger partial charge on any atom is 0.134 e. The Labute approximate surface area is 102 Å². The highest BCUT2D eigenvalue weighted by Crippen LogP contribution is 2.27. The van der Waals surface area contributed by atoms with Gasteiger partial charge in [0, 0.05) is 22.8 Å². The number of imidazole rings is 1. The number of halogens is 1. The van der Waals surface area contributed by atoms with Crippen molar-refractivity contribution in [3.63, 3.8) is 0 Å². The summed E-state index contributed by atoms with van der Waals surface area (Å²) in [5.74, 6) is 1.34. The van der Waals surface area contributed by atoms with E-state index in [1.807, 2.05) is 18.2 Å². The second kappa shape index (κ2) is 3.91. The average Bonchev–Trinajstić information content (AvgIpc) is 2.96. The maximum absolute atomic E-state index is 6.04. The van der Waals surface area contributed by atoms with E-state index in [1.54, 1.807) is 18.5 Å². The SMILES string of the molecule is NC(c1ncc[nH]1)c1cc2cc(Cl)ccc2o1. The first kappa shape index (κ1) is 10.4. The summed E-state index contributed by atoms with van der Waals surface area (Å²) in [5, 5.41) is 1.62. The number of hydrogen-bond acceptors (Lipinski definition) is 3. The summed E-state index contributed by atoms with van der Waals surface area (Å²) in [5.41, 5.74) is 6.81. The molecule has 1 unspecified atom stereocenters. The van der Waals surface area contributed by atoms with Crippen LogP contribution in [0.25, 0.3) is 11.0 Å². The Bertz CT molecular complexity index is 645. The van der Waals surface area contributed by atoms with Gasteiger partial charge in [-0.3, -0.25) is 0 Å². The van der Waals surface area contributed by atoms with Gasteiger partial charge in [0.2, 0.25) is 0 Å². The number of hydrogen-bond donors (Lipinski definition) is 2. The van der Waals surface area contributed by atoms with Crippen molar-refractivity contribution < 1.29 is 4.42 Å². The summed E-state index contributed by atoms with van der Waals surface area (Å²) in [6.07, 6.45) is 3.39. The van der Waals surface area contributed by atoms with Gasteiger partial charge in [0.15, 0.2) is 0 Å². The molecular formula is C12H10ClN3O. The van der Waals surface area contributed by atoms with Crippen molar-refractivity contribution in [2.45, 2.75) is 6.04 Å². The largest absolute Gasteiger partial charge is 0.459 e. The van der Waals surface area contributed by atoms with Crippen molar-refractivity contribution in [2.24, 2.45) is 5.73 Å². The monoisotopic (exact) mass is 247 g/mol. The van der Waals surface area contributed by atoms with Crippen LogP contribution < -0.4 is 5.73 Å². The number of nitrogens with two attached hydrogens (primary N) is 1. The van der Waals surface area contributed by atoms with E-state index < -0.39 is 6.04 Å². The molecule has 1 aromatic carbocycles. The summed E-state index contributed by atoms with van der Waals surface area (Å²) in [7, 11) is 0. The number of aromatic nitrogens is 2. The van der Waals surface area contributed by atoms with Crippen LogP contribution in [-0.2, 0) is 0 Å². The van der Waals surface area contributed by atoms with Gasteiger partial charge in [-0.2, -0.15) is 0 Å². The van der Waals surface area contributed by atoms with E-state index in [0.29, 0.717) is 16.6 Å². The summed E-state index contributed by atoms with van der Waals surface area (Å²) in [4.78, 5) is 7.08. The van der Waals surface area contributed by atoms with Gasteiger partial charge >= 0.3 is 0 Å². The first-order chi connectivity index (χ1) is 8.24. The number of nitrogens with zero attached hydrogens (tertiary/aromatic N) is 1. The number of benzene rings is 1. The molecule has 2 heterocycles. The number of H-pyrrole nitrogens is 1. The van der Waals surface area contributed by atoms with E-state index in [9.17, 15) is 0 Å². The fraction of sp³-hybridized carbons (Fsp3) is 0.0833. The highest BCUT2D eigenvalue weighted by atomic mass is 35.5. The van der Waals surface area contributed by atoms with Gasteiger partial charge < -0.3 is 15.1 Å². The van der Waals surface area contributed by atoms with E-state index in [1.165, 1.54) is 0 Å². The van der Waals surface area contributed by atoms with Crippen LogP contribution in [0.4, 0.5) is 0 Å². The van der Waals surface area contributed by atoms with Gasteiger partial charge in [-0.15, -0.1) is 0 Å². The molecule has 3 N–H and O–H groups in total. The average molecular weight is 248 g/mol. The third kappa shape index (κ3) is 1.81. The lowest BCUT2D eigenvalue weighted by Crippen LogP contribution is -2.12. The first-order valence-electron chi connectivity index (χ1n) is 5.18. The van der Waals surface area contributed by atoms with Gasteiger partial charge in [-0.25, -0.2) is 4.98 Å². The molecule has 0 aliphatic heterocycles. The molecule has 0 bridgehead atoms. The van der Waals surface area contributed by atoms with Gasteiger partial charge in [-0.1, -0.05) is 11.6 Å². The summed E-state index contributed by atoms with van der Waals surface area (Å²) >= 11 is 5.92. The number of nitrogens with one attached hydrogen (secondary N) is 1. The van der Waals surface area contributed by atoms with Crippen LogP contribution >= 0.6 is 11.6 Å². The second-order valence-corrected chi connectivity index (χ2v) is 4.22. The number of furan rings is 1. The fourth-order valence-corrected chi connectivity index (χ4v) is 1.95. The van der Waals surface area contributed by atoms with Crippen molar-refractivity contribution in [2.75, 3.05) is 0 Å². The maximum atomic E-state index is 6.04. The van der Waals surface area contributed by atoms with E-state index in [4.69, 9.17) is 21.8 Å². The van der Waals surface area contributed by atoms with Crippen LogP contribution in [0, 0.1) is 0 Å². The minimum atomic E-state index is -0.392. The molecule has 86 valence electrons. The predicted octanol–water partition coefficient (Wildman–Crippen LogP) is 2.86. The molecule has 0 amide bonds. The fourth-order valence-electron chi connectivity index (χ4n) is 1.77. The van der Waals surface area contributed by atoms with Crippen molar-refractivity contribution in [3.05, 3.63) is 53.3 Å². The Kier molecular flexibility index (Phi) is 2.39. The van der Waals surface area contributed by atoms with Crippen molar-refractivity contribution in [1.82, 2.24) is 9.97 Å². The Balaban J connectivity index is 2.06.